The van der Waals surface area contributed by atoms with Crippen molar-refractivity contribution in [2.24, 2.45) is 0 Å². The highest BCUT2D eigenvalue weighted by molar-refractivity contribution is 5.84. The molecule has 0 N–H and O–H groups in total. The summed E-state index contributed by atoms with van der Waals surface area (Å²) in [6.45, 7) is 2.51. The number of aryl methyl sites for hydroxylation is 3. The Labute approximate surface area is 245 Å². The van der Waals surface area contributed by atoms with Crippen LogP contribution in [-0.2, 0) is 31.9 Å². The first-order valence-electron chi connectivity index (χ1n) is 14.3. The van der Waals surface area contributed by atoms with Crippen molar-refractivity contribution in [3.05, 3.63) is 112 Å². The minimum atomic E-state index is -5.16. The van der Waals surface area contributed by atoms with Gasteiger partial charge in [0.2, 0.25) is 0 Å². The Morgan fingerprint density at radius 1 is 0.628 bits per heavy atom. The van der Waals surface area contributed by atoms with Gasteiger partial charge >= 0.3 is 6.18 Å². The second kappa shape index (κ2) is 14.2. The summed E-state index contributed by atoms with van der Waals surface area (Å²) in [6.07, 6.45) is 0.334. The summed E-state index contributed by atoms with van der Waals surface area (Å²) in [7, 11) is 0. The molecular weight excluding hydrogens is 576 g/mol. The van der Waals surface area contributed by atoms with Gasteiger partial charge in [0, 0.05) is 23.1 Å². The maximum Gasteiger partial charge on any atom is 0.422 e. The summed E-state index contributed by atoms with van der Waals surface area (Å²) < 4.78 is 116. The number of hydrogen-bond donors (Lipinski definition) is 0. The quantitative estimate of drug-likeness (QED) is 0.108. The molecule has 0 fully saturated rings. The second-order valence-corrected chi connectivity index (χ2v) is 10.7. The van der Waals surface area contributed by atoms with Crippen molar-refractivity contribution in [1.82, 2.24) is 0 Å². The molecule has 0 radical (unpaired) electrons. The molecule has 0 aromatic heterocycles. The van der Waals surface area contributed by atoms with E-state index in [1.54, 1.807) is 24.3 Å². The number of unbranched alkanes of at least 4 members (excludes halogenated alkanes) is 4. The molecule has 0 heterocycles. The molecule has 4 rings (SSSR count). The summed E-state index contributed by atoms with van der Waals surface area (Å²) in [5, 5.41) is 0.827. The third kappa shape index (κ3) is 8.27. The van der Waals surface area contributed by atoms with Crippen molar-refractivity contribution in [3.63, 3.8) is 0 Å². The van der Waals surface area contributed by atoms with Crippen LogP contribution in [0.5, 0.6) is 5.75 Å². The van der Waals surface area contributed by atoms with Crippen LogP contribution in [0.1, 0.15) is 66.8 Å². The molecule has 0 unspecified atom stereocenters. The van der Waals surface area contributed by atoms with Crippen LogP contribution in [0.15, 0.2) is 54.6 Å². The number of alkyl halides is 3. The average molecular weight is 609 g/mol. The largest absolute Gasteiger partial charge is 0.493 e. The predicted molar refractivity (Wildman–Crippen MR) is 151 cm³/mol. The van der Waals surface area contributed by atoms with Crippen LogP contribution in [0.3, 0.4) is 0 Å². The summed E-state index contributed by atoms with van der Waals surface area (Å²) in [4.78, 5) is 0. The molecule has 9 heteroatoms. The van der Waals surface area contributed by atoms with Crippen LogP contribution < -0.4 is 4.74 Å². The molecule has 43 heavy (non-hydrogen) atoms. The van der Waals surface area contributed by atoms with Crippen LogP contribution in [0, 0.1) is 29.1 Å². The number of rotatable bonds is 13. The molecule has 0 bridgehead atoms. The topological polar surface area (TPSA) is 9.23 Å². The van der Waals surface area contributed by atoms with Gasteiger partial charge in [-0.15, -0.1) is 0 Å². The van der Waals surface area contributed by atoms with Crippen LogP contribution in [0.25, 0.3) is 10.8 Å². The number of benzene rings is 4. The molecule has 0 saturated carbocycles. The van der Waals surface area contributed by atoms with Gasteiger partial charge in [-0.1, -0.05) is 62.9 Å². The van der Waals surface area contributed by atoms with Crippen LogP contribution in [-0.4, -0.2) is 6.61 Å². The maximum absolute atomic E-state index is 15.2. The van der Waals surface area contributed by atoms with Crippen molar-refractivity contribution in [1.29, 1.82) is 0 Å². The van der Waals surface area contributed by atoms with Gasteiger partial charge in [0.1, 0.15) is 40.4 Å². The first-order valence-corrected chi connectivity index (χ1v) is 14.3. The van der Waals surface area contributed by atoms with Gasteiger partial charge in [-0.25, -0.2) is 22.0 Å². The summed E-state index contributed by atoms with van der Waals surface area (Å²) in [5.74, 6) is -5.22. The number of hydrogen-bond acceptors (Lipinski definition) is 1. The lowest BCUT2D eigenvalue weighted by molar-refractivity contribution is -0.142. The van der Waals surface area contributed by atoms with E-state index in [0.29, 0.717) is 30.5 Å². The third-order valence-electron chi connectivity index (χ3n) is 7.46. The van der Waals surface area contributed by atoms with E-state index in [9.17, 15) is 30.7 Å². The van der Waals surface area contributed by atoms with E-state index in [1.807, 2.05) is 0 Å². The highest BCUT2D eigenvalue weighted by Gasteiger charge is 2.37. The first kappa shape index (κ1) is 32.3. The molecule has 0 saturated heterocycles. The lowest BCUT2D eigenvalue weighted by Crippen LogP contribution is -2.12. The smallest absolute Gasteiger partial charge is 0.422 e. The fraction of sp³-hybridized carbons (Fsp3) is 0.353. The van der Waals surface area contributed by atoms with Gasteiger partial charge < -0.3 is 4.74 Å². The fourth-order valence-corrected chi connectivity index (χ4v) is 5.12. The van der Waals surface area contributed by atoms with E-state index in [1.165, 1.54) is 18.2 Å². The zero-order valence-corrected chi connectivity index (χ0v) is 23.7. The van der Waals surface area contributed by atoms with Gasteiger partial charge in [0.05, 0.1) is 6.61 Å². The molecule has 0 aliphatic rings. The molecule has 0 spiro atoms. The van der Waals surface area contributed by atoms with Crippen molar-refractivity contribution in [2.45, 2.75) is 70.9 Å². The number of fused-ring (bicyclic) bond motifs is 1. The number of ether oxygens (including phenoxy) is 1. The Balaban J connectivity index is 1.38. The van der Waals surface area contributed by atoms with E-state index in [-0.39, 0.29) is 47.1 Å². The summed E-state index contributed by atoms with van der Waals surface area (Å²) >= 11 is 0. The molecule has 230 valence electrons. The van der Waals surface area contributed by atoms with Crippen molar-refractivity contribution < 1.29 is 39.9 Å². The average Bonchev–Trinajstić information content (AvgIpc) is 2.93. The lowest BCUT2D eigenvalue weighted by atomic mass is 9.96. The third-order valence-corrected chi connectivity index (χ3v) is 7.46. The van der Waals surface area contributed by atoms with Gasteiger partial charge in [-0.2, -0.15) is 13.2 Å². The van der Waals surface area contributed by atoms with Crippen LogP contribution >= 0.6 is 0 Å². The Morgan fingerprint density at radius 3 is 1.93 bits per heavy atom. The molecule has 0 atom stereocenters. The number of halogens is 8. The highest BCUT2D eigenvalue weighted by atomic mass is 19.4. The minimum absolute atomic E-state index is 0.00485. The Hall–Kier alpha value is -3.62. The molecule has 4 aromatic rings. The molecule has 0 aliphatic carbocycles. The van der Waals surface area contributed by atoms with Gasteiger partial charge in [0.15, 0.2) is 0 Å². The standard InChI is InChI=1S/C34H32F8O/c1-2-3-4-5-6-15-43-25-19-28(35)27(29(36)20-25)14-9-21-8-13-26-24(16-21)12-11-23(33(26)39)10-7-22-17-30(37)32(31(38)18-22)34(40,41)42/h8,11-13,16-20H,2-7,9-10,14-15H2,1H3. The van der Waals surface area contributed by atoms with Crippen molar-refractivity contribution in [2.75, 3.05) is 6.61 Å². The molecule has 1 nitrogen and oxygen atoms in total. The maximum atomic E-state index is 15.2. The zero-order chi connectivity index (χ0) is 31.1. The summed E-state index contributed by atoms with van der Waals surface area (Å²) in [6, 6.07) is 11.7. The van der Waals surface area contributed by atoms with E-state index >= 15 is 4.39 Å². The molecule has 0 aliphatic heterocycles. The van der Waals surface area contributed by atoms with Crippen molar-refractivity contribution >= 4 is 10.8 Å². The highest BCUT2D eigenvalue weighted by Crippen LogP contribution is 2.34. The van der Waals surface area contributed by atoms with E-state index in [2.05, 4.69) is 6.92 Å². The normalized spacial score (nSPS) is 11.8. The molecule has 0 amide bonds. The Bertz CT molecular complexity index is 1510. The van der Waals surface area contributed by atoms with E-state index in [4.69, 9.17) is 4.74 Å². The monoisotopic (exact) mass is 608 g/mol. The van der Waals surface area contributed by atoms with Gasteiger partial charge in [-0.05, 0) is 66.3 Å². The zero-order valence-electron chi connectivity index (χ0n) is 23.7. The van der Waals surface area contributed by atoms with Crippen molar-refractivity contribution in [3.8, 4) is 5.75 Å². The van der Waals surface area contributed by atoms with Crippen LogP contribution in [0.4, 0.5) is 35.1 Å². The minimum Gasteiger partial charge on any atom is -0.493 e. The molecular formula is C34H32F8O. The Kier molecular flexibility index (Phi) is 10.7. The van der Waals surface area contributed by atoms with E-state index < -0.39 is 40.8 Å². The van der Waals surface area contributed by atoms with Gasteiger partial charge in [-0.3, -0.25) is 0 Å². The van der Waals surface area contributed by atoms with E-state index in [0.717, 1.165) is 37.7 Å². The Morgan fingerprint density at radius 2 is 1.28 bits per heavy atom. The summed E-state index contributed by atoms with van der Waals surface area (Å²) in [5.41, 5.74) is -1.08. The van der Waals surface area contributed by atoms with Gasteiger partial charge in [0.25, 0.3) is 0 Å². The first-order chi connectivity index (χ1) is 20.5. The second-order valence-electron chi connectivity index (χ2n) is 10.7. The lowest BCUT2D eigenvalue weighted by Gasteiger charge is -2.12. The SMILES string of the molecule is CCCCCCCOc1cc(F)c(CCc2ccc3c(F)c(CCc4cc(F)c(C(F)(F)F)c(F)c4)ccc3c2)c(F)c1. The molecule has 4 aromatic carbocycles. The predicted octanol–water partition coefficient (Wildman–Crippen LogP) is 10.5. The fourth-order valence-electron chi connectivity index (χ4n) is 5.12. The van der Waals surface area contributed by atoms with Crippen LogP contribution in [0.2, 0.25) is 0 Å².